The molecule has 0 radical (unpaired) electrons. The number of sulfone groups is 1. The zero-order valence-corrected chi connectivity index (χ0v) is 15.5. The van der Waals surface area contributed by atoms with E-state index in [1.807, 2.05) is 25.1 Å². The fourth-order valence-corrected chi connectivity index (χ4v) is 5.64. The number of fused-ring (bicyclic) bond motifs is 1. The van der Waals surface area contributed by atoms with Crippen LogP contribution in [0.15, 0.2) is 18.2 Å². The van der Waals surface area contributed by atoms with E-state index in [1.165, 1.54) is 11.1 Å². The highest BCUT2D eigenvalue weighted by atomic mass is 32.2. The van der Waals surface area contributed by atoms with E-state index >= 15 is 0 Å². The third-order valence-corrected chi connectivity index (χ3v) is 7.05. The van der Waals surface area contributed by atoms with Gasteiger partial charge in [0.1, 0.15) is 0 Å². The van der Waals surface area contributed by atoms with Crippen molar-refractivity contribution in [1.29, 1.82) is 0 Å². The summed E-state index contributed by atoms with van der Waals surface area (Å²) >= 11 is 0. The zero-order valence-electron chi connectivity index (χ0n) is 14.7. The Morgan fingerprint density at radius 3 is 2.60 bits per heavy atom. The van der Waals surface area contributed by atoms with E-state index in [0.717, 1.165) is 19.3 Å². The summed E-state index contributed by atoms with van der Waals surface area (Å²) in [6, 6.07) is 5.62. The van der Waals surface area contributed by atoms with Gasteiger partial charge in [0.25, 0.3) is 0 Å². The molecule has 1 aliphatic carbocycles. The lowest BCUT2D eigenvalue weighted by atomic mass is 10.0. The maximum absolute atomic E-state index is 12.5. The number of aryl methyl sites for hydroxylation is 2. The van der Waals surface area contributed by atoms with Crippen molar-refractivity contribution < 1.29 is 18.0 Å². The predicted octanol–water partition coefficient (Wildman–Crippen LogP) is 2.17. The topological polar surface area (TPSA) is 71.5 Å². The van der Waals surface area contributed by atoms with Crippen LogP contribution in [0.4, 0.5) is 0 Å². The van der Waals surface area contributed by atoms with Crippen molar-refractivity contribution in [1.82, 2.24) is 4.90 Å². The molecule has 1 heterocycles. The summed E-state index contributed by atoms with van der Waals surface area (Å²) in [7, 11) is -3.03. The van der Waals surface area contributed by atoms with Crippen LogP contribution in [0.25, 0.3) is 0 Å². The van der Waals surface area contributed by atoms with Gasteiger partial charge in [-0.3, -0.25) is 9.59 Å². The SMILES string of the molecule is CCN(C(=O)CCC(=O)c1ccc2c(c1)CCC2)C1CCS(=O)(=O)C1. The third kappa shape index (κ3) is 4.11. The second-order valence-electron chi connectivity index (χ2n) is 7.00. The summed E-state index contributed by atoms with van der Waals surface area (Å²) < 4.78 is 23.3. The van der Waals surface area contributed by atoms with Crippen molar-refractivity contribution in [2.45, 2.75) is 51.5 Å². The number of carbonyl (C=O) groups excluding carboxylic acids is 2. The largest absolute Gasteiger partial charge is 0.339 e. The van der Waals surface area contributed by atoms with Crippen molar-refractivity contribution in [2.24, 2.45) is 0 Å². The van der Waals surface area contributed by atoms with Gasteiger partial charge in [0, 0.05) is 31.0 Å². The monoisotopic (exact) mass is 363 g/mol. The molecule has 25 heavy (non-hydrogen) atoms. The van der Waals surface area contributed by atoms with Crippen LogP contribution >= 0.6 is 0 Å². The molecule has 1 aromatic carbocycles. The Labute approximate surface area is 149 Å². The second kappa shape index (κ2) is 7.28. The van der Waals surface area contributed by atoms with Crippen LogP contribution in [0.3, 0.4) is 0 Å². The molecular weight excluding hydrogens is 338 g/mol. The van der Waals surface area contributed by atoms with Gasteiger partial charge in [-0.2, -0.15) is 0 Å². The number of nitrogens with zero attached hydrogens (tertiary/aromatic N) is 1. The van der Waals surface area contributed by atoms with Crippen LogP contribution in [-0.4, -0.2) is 49.1 Å². The Morgan fingerprint density at radius 2 is 1.92 bits per heavy atom. The molecule has 1 atom stereocenters. The van der Waals surface area contributed by atoms with Crippen LogP contribution < -0.4 is 0 Å². The van der Waals surface area contributed by atoms with E-state index in [0.29, 0.717) is 18.5 Å². The summed E-state index contributed by atoms with van der Waals surface area (Å²) in [5.41, 5.74) is 3.26. The average Bonchev–Trinajstić information content (AvgIpc) is 3.18. The fourth-order valence-electron chi connectivity index (χ4n) is 3.91. The van der Waals surface area contributed by atoms with Gasteiger partial charge in [-0.1, -0.05) is 12.1 Å². The molecule has 0 saturated carbocycles. The second-order valence-corrected chi connectivity index (χ2v) is 9.23. The molecule has 6 heteroatoms. The maximum atomic E-state index is 12.5. The van der Waals surface area contributed by atoms with Crippen LogP contribution in [0.2, 0.25) is 0 Å². The number of carbonyl (C=O) groups is 2. The van der Waals surface area contributed by atoms with Crippen molar-refractivity contribution in [3.8, 4) is 0 Å². The molecular formula is C19H25NO4S. The Hall–Kier alpha value is -1.69. The van der Waals surface area contributed by atoms with Crippen LogP contribution in [0.1, 0.15) is 54.1 Å². The number of rotatable bonds is 6. The van der Waals surface area contributed by atoms with Crippen molar-refractivity contribution in [2.75, 3.05) is 18.1 Å². The van der Waals surface area contributed by atoms with E-state index in [9.17, 15) is 18.0 Å². The first kappa shape index (κ1) is 18.1. The fraction of sp³-hybridized carbons (Fsp3) is 0.579. The first-order chi connectivity index (χ1) is 11.9. The Balaban J connectivity index is 1.58. The van der Waals surface area contributed by atoms with Crippen molar-refractivity contribution >= 4 is 21.5 Å². The molecule has 1 aromatic rings. The van der Waals surface area contributed by atoms with Gasteiger partial charge in [-0.05, 0) is 49.8 Å². The van der Waals surface area contributed by atoms with Gasteiger partial charge in [-0.25, -0.2) is 8.42 Å². The van der Waals surface area contributed by atoms with E-state index in [1.54, 1.807) is 4.90 Å². The summed E-state index contributed by atoms with van der Waals surface area (Å²) in [5.74, 6) is 0.0539. The molecule has 0 aromatic heterocycles. The van der Waals surface area contributed by atoms with Crippen molar-refractivity contribution in [3.05, 3.63) is 34.9 Å². The number of benzene rings is 1. The number of hydrogen-bond donors (Lipinski definition) is 0. The Bertz CT molecular complexity index is 785. The summed E-state index contributed by atoms with van der Waals surface area (Å²) in [6.45, 7) is 2.33. The first-order valence-electron chi connectivity index (χ1n) is 9.04. The Morgan fingerprint density at radius 1 is 1.16 bits per heavy atom. The maximum Gasteiger partial charge on any atom is 0.223 e. The molecule has 2 aliphatic rings. The quantitative estimate of drug-likeness (QED) is 0.726. The number of ketones is 1. The molecule has 0 spiro atoms. The van der Waals surface area contributed by atoms with Crippen molar-refractivity contribution in [3.63, 3.8) is 0 Å². The van der Waals surface area contributed by atoms with Crippen LogP contribution in [0, 0.1) is 0 Å². The van der Waals surface area contributed by atoms with Gasteiger partial charge in [-0.15, -0.1) is 0 Å². The lowest BCUT2D eigenvalue weighted by molar-refractivity contribution is -0.132. The minimum atomic E-state index is -3.03. The Kier molecular flexibility index (Phi) is 5.27. The third-order valence-electron chi connectivity index (χ3n) is 5.30. The highest BCUT2D eigenvalue weighted by Crippen LogP contribution is 2.24. The predicted molar refractivity (Wildman–Crippen MR) is 96.5 cm³/mol. The van der Waals surface area contributed by atoms with Gasteiger partial charge in [0.15, 0.2) is 15.6 Å². The molecule has 1 aliphatic heterocycles. The molecule has 0 N–H and O–H groups in total. The highest BCUT2D eigenvalue weighted by molar-refractivity contribution is 7.91. The van der Waals surface area contributed by atoms with E-state index < -0.39 is 9.84 Å². The summed E-state index contributed by atoms with van der Waals surface area (Å²) in [6.07, 6.45) is 4.06. The summed E-state index contributed by atoms with van der Waals surface area (Å²) in [5, 5.41) is 0. The molecule has 0 bridgehead atoms. The molecule has 1 saturated heterocycles. The van der Waals surface area contributed by atoms with Crippen LogP contribution in [-0.2, 0) is 27.5 Å². The normalized spacial score (nSPS) is 21.1. The lowest BCUT2D eigenvalue weighted by Crippen LogP contribution is -2.41. The van der Waals surface area contributed by atoms with E-state index in [-0.39, 0.29) is 42.1 Å². The van der Waals surface area contributed by atoms with E-state index in [2.05, 4.69) is 0 Å². The first-order valence-corrected chi connectivity index (χ1v) is 10.9. The van der Waals surface area contributed by atoms with Gasteiger partial charge in [0.05, 0.1) is 11.5 Å². The molecule has 136 valence electrons. The van der Waals surface area contributed by atoms with Gasteiger partial charge in [0.2, 0.25) is 5.91 Å². The molecule has 1 amide bonds. The number of Topliss-reactive ketones (excluding diaryl/α,β-unsaturated/α-hetero) is 1. The highest BCUT2D eigenvalue weighted by Gasteiger charge is 2.33. The smallest absolute Gasteiger partial charge is 0.223 e. The molecule has 5 nitrogen and oxygen atoms in total. The number of amides is 1. The minimum Gasteiger partial charge on any atom is -0.339 e. The molecule has 3 rings (SSSR count). The lowest BCUT2D eigenvalue weighted by Gasteiger charge is -2.26. The van der Waals surface area contributed by atoms with Crippen LogP contribution in [0.5, 0.6) is 0 Å². The molecule has 1 fully saturated rings. The standard InChI is InChI=1S/C19H25NO4S/c1-2-20(17-10-11-25(23,24)13-17)19(22)9-8-18(21)16-7-6-14-4-3-5-15(14)12-16/h6-7,12,17H,2-5,8-11,13H2,1H3. The number of hydrogen-bond acceptors (Lipinski definition) is 4. The van der Waals surface area contributed by atoms with Gasteiger partial charge >= 0.3 is 0 Å². The summed E-state index contributed by atoms with van der Waals surface area (Å²) in [4.78, 5) is 26.5. The van der Waals surface area contributed by atoms with Gasteiger partial charge < -0.3 is 4.90 Å². The zero-order chi connectivity index (χ0) is 18.0. The molecule has 1 unspecified atom stereocenters. The average molecular weight is 363 g/mol. The minimum absolute atomic E-state index is 0.0156. The van der Waals surface area contributed by atoms with E-state index in [4.69, 9.17) is 0 Å².